The molecule has 0 aliphatic rings. The maximum absolute atomic E-state index is 5.44. The summed E-state index contributed by atoms with van der Waals surface area (Å²) in [6.45, 7) is 0. The van der Waals surface area contributed by atoms with E-state index in [9.17, 15) is 0 Å². The number of benzene rings is 10. The molecule has 0 aliphatic carbocycles. The van der Waals surface area contributed by atoms with Crippen LogP contribution in [0.15, 0.2) is 218 Å². The van der Waals surface area contributed by atoms with Crippen LogP contribution in [0.5, 0.6) is 0 Å². The van der Waals surface area contributed by atoms with E-state index in [4.69, 9.17) is 9.97 Å². The Balaban J connectivity index is 1.01. The lowest BCUT2D eigenvalue weighted by atomic mass is 9.99. The van der Waals surface area contributed by atoms with Crippen LogP contribution in [0.4, 0.5) is 0 Å². The Morgan fingerprint density at radius 1 is 0.274 bits per heavy atom. The lowest BCUT2D eigenvalue weighted by Gasteiger charge is -2.14. The van der Waals surface area contributed by atoms with Crippen LogP contribution >= 0.6 is 0 Å². The Kier molecular flexibility index (Phi) is 7.57. The zero-order valence-electron chi connectivity index (χ0n) is 33.6. The summed E-state index contributed by atoms with van der Waals surface area (Å²) in [5.74, 6) is 0.639. The lowest BCUT2D eigenvalue weighted by molar-refractivity contribution is 0.997. The number of para-hydroxylation sites is 2. The molecule has 0 saturated carbocycles. The van der Waals surface area contributed by atoms with Gasteiger partial charge < -0.3 is 4.57 Å². The molecule has 0 atom stereocenters. The van der Waals surface area contributed by atoms with E-state index in [2.05, 4.69) is 228 Å². The number of hydrogen-bond donors (Lipinski definition) is 0. The SMILES string of the molecule is c1ccc2cc(-n3c4ccccc4c4cc(-c5ccc6c(c5)c5ccccc5n6-c5nc(-c6cccc7ccccc67)cc(-c6cccc7ccccc67)n5)ccc43)ccc2c1. The minimum absolute atomic E-state index is 0.639. The highest BCUT2D eigenvalue weighted by Gasteiger charge is 2.20. The second kappa shape index (κ2) is 13.6. The van der Waals surface area contributed by atoms with E-state index in [-0.39, 0.29) is 0 Å². The van der Waals surface area contributed by atoms with Gasteiger partial charge in [-0.15, -0.1) is 0 Å². The molecule has 10 aromatic carbocycles. The van der Waals surface area contributed by atoms with Crippen molar-refractivity contribution in [3.63, 3.8) is 0 Å². The van der Waals surface area contributed by atoms with Crippen molar-refractivity contribution in [1.29, 1.82) is 0 Å². The molecule has 0 aliphatic heterocycles. The average Bonchev–Trinajstić information content (AvgIpc) is 3.85. The first-order valence-corrected chi connectivity index (χ1v) is 21.2. The van der Waals surface area contributed by atoms with E-state index < -0.39 is 0 Å². The third-order valence-electron chi connectivity index (χ3n) is 12.7. The van der Waals surface area contributed by atoms with Crippen LogP contribution in [0, 0.1) is 0 Å². The van der Waals surface area contributed by atoms with Gasteiger partial charge >= 0.3 is 0 Å². The fourth-order valence-electron chi connectivity index (χ4n) is 9.82. The Bertz CT molecular complexity index is 3840. The van der Waals surface area contributed by atoms with Crippen molar-refractivity contribution in [3.8, 4) is 45.3 Å². The lowest BCUT2D eigenvalue weighted by Crippen LogP contribution is -2.04. The van der Waals surface area contributed by atoms with Gasteiger partial charge in [0.15, 0.2) is 0 Å². The number of aromatic nitrogens is 4. The van der Waals surface area contributed by atoms with Gasteiger partial charge in [0.2, 0.25) is 5.95 Å². The predicted octanol–water partition coefficient (Wildman–Crippen LogP) is 15.1. The van der Waals surface area contributed by atoms with Crippen LogP contribution in [0.2, 0.25) is 0 Å². The molecule has 0 amide bonds. The standard InChI is InChI=1S/C58H36N4/c1-2-16-40-33-43(30-27-37(40)13-1)61-54-25-9-7-21-48(54)50-34-41(28-31-56(50)61)42-29-32-57-51(35-42)49-22-8-10-26-55(49)62(57)58-59-52(46-23-11-17-38-14-3-5-19-44(38)46)36-53(60-58)47-24-12-18-39-15-4-6-20-45(39)47/h1-36H. The van der Waals surface area contributed by atoms with E-state index >= 15 is 0 Å². The maximum Gasteiger partial charge on any atom is 0.235 e. The molecular weight excluding hydrogens is 753 g/mol. The molecule has 0 spiro atoms. The average molecular weight is 789 g/mol. The number of rotatable bonds is 5. The first-order valence-electron chi connectivity index (χ1n) is 21.2. The molecule has 0 fully saturated rings. The first kappa shape index (κ1) is 34.5. The summed E-state index contributed by atoms with van der Waals surface area (Å²) in [6.07, 6.45) is 0. The quantitative estimate of drug-likeness (QED) is 0.174. The normalized spacial score (nSPS) is 11.9. The Morgan fingerprint density at radius 2 is 0.726 bits per heavy atom. The van der Waals surface area contributed by atoms with Crippen LogP contribution in [-0.2, 0) is 0 Å². The summed E-state index contributed by atoms with van der Waals surface area (Å²) in [7, 11) is 0. The molecule has 4 heteroatoms. The minimum atomic E-state index is 0.639. The fraction of sp³-hybridized carbons (Fsp3) is 0. The van der Waals surface area contributed by atoms with E-state index in [1.807, 2.05) is 0 Å². The van der Waals surface area contributed by atoms with Crippen molar-refractivity contribution >= 4 is 75.9 Å². The number of nitrogens with zero attached hydrogens (tertiary/aromatic N) is 4. The molecule has 288 valence electrons. The topological polar surface area (TPSA) is 35.6 Å². The van der Waals surface area contributed by atoms with Crippen LogP contribution in [-0.4, -0.2) is 19.1 Å². The van der Waals surface area contributed by atoms with Gasteiger partial charge in [-0.3, -0.25) is 4.57 Å². The molecule has 4 nitrogen and oxygen atoms in total. The molecular formula is C58H36N4. The van der Waals surface area contributed by atoms with Crippen LogP contribution in [0.25, 0.3) is 121 Å². The fourth-order valence-corrected chi connectivity index (χ4v) is 9.82. The van der Waals surface area contributed by atoms with Crippen molar-refractivity contribution in [1.82, 2.24) is 19.1 Å². The molecule has 3 heterocycles. The second-order valence-corrected chi connectivity index (χ2v) is 16.2. The van der Waals surface area contributed by atoms with Gasteiger partial charge in [-0.2, -0.15) is 0 Å². The Morgan fingerprint density at radius 3 is 1.32 bits per heavy atom. The minimum Gasteiger partial charge on any atom is -0.309 e. The van der Waals surface area contributed by atoms with Gasteiger partial charge in [0.1, 0.15) is 0 Å². The predicted molar refractivity (Wildman–Crippen MR) is 260 cm³/mol. The number of hydrogen-bond acceptors (Lipinski definition) is 2. The van der Waals surface area contributed by atoms with Crippen LogP contribution < -0.4 is 0 Å². The highest BCUT2D eigenvalue weighted by Crippen LogP contribution is 2.40. The number of fused-ring (bicyclic) bond motifs is 9. The summed E-state index contributed by atoms with van der Waals surface area (Å²) < 4.78 is 4.65. The van der Waals surface area contributed by atoms with E-state index in [1.165, 1.54) is 48.9 Å². The van der Waals surface area contributed by atoms with Crippen LogP contribution in [0.1, 0.15) is 0 Å². The van der Waals surface area contributed by atoms with E-state index in [0.717, 1.165) is 66.3 Å². The molecule has 62 heavy (non-hydrogen) atoms. The first-order chi connectivity index (χ1) is 30.7. The largest absolute Gasteiger partial charge is 0.309 e. The van der Waals surface area contributed by atoms with Gasteiger partial charge in [0.05, 0.1) is 33.5 Å². The summed E-state index contributed by atoms with van der Waals surface area (Å²) in [5.41, 5.74) is 11.9. The summed E-state index contributed by atoms with van der Waals surface area (Å²) in [5, 5.41) is 11.9. The van der Waals surface area contributed by atoms with Crippen molar-refractivity contribution in [3.05, 3.63) is 218 Å². The van der Waals surface area contributed by atoms with Crippen molar-refractivity contribution in [2.24, 2.45) is 0 Å². The van der Waals surface area contributed by atoms with Crippen molar-refractivity contribution in [2.75, 3.05) is 0 Å². The molecule has 3 aromatic heterocycles. The molecule has 0 unspecified atom stereocenters. The summed E-state index contributed by atoms with van der Waals surface area (Å²) in [4.78, 5) is 10.9. The Labute approximate surface area is 357 Å². The molecule has 0 bridgehead atoms. The maximum atomic E-state index is 5.44. The zero-order chi connectivity index (χ0) is 40.7. The summed E-state index contributed by atoms with van der Waals surface area (Å²) in [6, 6.07) is 78.7. The van der Waals surface area contributed by atoms with Gasteiger partial charge in [0, 0.05) is 38.4 Å². The van der Waals surface area contributed by atoms with E-state index in [0.29, 0.717) is 5.95 Å². The highest BCUT2D eigenvalue weighted by molar-refractivity contribution is 6.13. The Hall–Kier alpha value is -8.34. The monoisotopic (exact) mass is 788 g/mol. The third-order valence-corrected chi connectivity index (χ3v) is 12.7. The molecule has 0 radical (unpaired) electrons. The smallest absolute Gasteiger partial charge is 0.235 e. The van der Waals surface area contributed by atoms with Gasteiger partial charge in [-0.1, -0.05) is 164 Å². The molecule has 13 rings (SSSR count). The van der Waals surface area contributed by atoms with E-state index in [1.54, 1.807) is 0 Å². The van der Waals surface area contributed by atoms with Gasteiger partial charge in [-0.05, 0) is 98.0 Å². The van der Waals surface area contributed by atoms with Crippen molar-refractivity contribution < 1.29 is 0 Å². The second-order valence-electron chi connectivity index (χ2n) is 16.2. The molecule has 13 aromatic rings. The van der Waals surface area contributed by atoms with Crippen LogP contribution in [0.3, 0.4) is 0 Å². The molecule has 0 saturated heterocycles. The molecule has 0 N–H and O–H groups in total. The zero-order valence-corrected chi connectivity index (χ0v) is 33.6. The van der Waals surface area contributed by atoms with Gasteiger partial charge in [0.25, 0.3) is 0 Å². The summed E-state index contributed by atoms with van der Waals surface area (Å²) >= 11 is 0. The third kappa shape index (κ3) is 5.33. The van der Waals surface area contributed by atoms with Gasteiger partial charge in [-0.25, -0.2) is 9.97 Å². The van der Waals surface area contributed by atoms with Crippen molar-refractivity contribution in [2.45, 2.75) is 0 Å². The highest BCUT2D eigenvalue weighted by atomic mass is 15.2.